The predicted octanol–water partition coefficient (Wildman–Crippen LogP) is 13.6. The van der Waals surface area contributed by atoms with Gasteiger partial charge in [-0.3, -0.25) is 0 Å². The molecule has 0 atom stereocenters. The first-order valence-corrected chi connectivity index (χ1v) is 17.0. The van der Waals surface area contributed by atoms with Crippen LogP contribution in [0.15, 0.2) is 200 Å². The lowest BCUT2D eigenvalue weighted by molar-refractivity contribution is 0.489. The fraction of sp³-hybridized carbons (Fsp3) is 0. The normalized spacial score (nSPS) is 11.4. The summed E-state index contributed by atoms with van der Waals surface area (Å²) >= 11 is 0. The molecule has 8 aromatic rings. The average Bonchev–Trinajstić information content (AvgIpc) is 3.34. The number of hydrogen-bond acceptors (Lipinski definition) is 2. The zero-order valence-corrected chi connectivity index (χ0v) is 27.4. The van der Waals surface area contributed by atoms with Crippen molar-refractivity contribution in [2.75, 3.05) is 4.90 Å². The molecule has 0 radical (unpaired) electrons. The molecular weight excluding hydrogens is 607 g/mol. The van der Waals surface area contributed by atoms with Crippen LogP contribution in [-0.2, 0) is 0 Å². The Labute approximate surface area is 293 Å². The van der Waals surface area contributed by atoms with Crippen LogP contribution in [-0.4, -0.2) is 0 Å². The molecule has 2 heteroatoms. The summed E-state index contributed by atoms with van der Waals surface area (Å²) in [4.78, 5) is 2.37. The Morgan fingerprint density at radius 3 is 1.46 bits per heavy atom. The van der Waals surface area contributed by atoms with Gasteiger partial charge in [-0.05, 0) is 69.8 Å². The molecule has 8 aromatic carbocycles. The predicted molar refractivity (Wildman–Crippen MR) is 208 cm³/mol. The van der Waals surface area contributed by atoms with Crippen LogP contribution in [0.5, 0.6) is 11.5 Å². The van der Waals surface area contributed by atoms with Crippen molar-refractivity contribution >= 4 is 17.1 Å². The summed E-state index contributed by atoms with van der Waals surface area (Å²) in [6, 6.07) is 70.9. The molecule has 0 amide bonds. The van der Waals surface area contributed by atoms with Gasteiger partial charge in [-0.25, -0.2) is 0 Å². The highest BCUT2D eigenvalue weighted by Crippen LogP contribution is 2.52. The lowest BCUT2D eigenvalue weighted by atomic mass is 9.92. The first kappa shape index (κ1) is 29.5. The van der Waals surface area contributed by atoms with Crippen LogP contribution in [0.3, 0.4) is 0 Å². The van der Waals surface area contributed by atoms with Crippen molar-refractivity contribution in [3.8, 4) is 67.1 Å². The molecule has 50 heavy (non-hydrogen) atoms. The van der Waals surface area contributed by atoms with Crippen LogP contribution in [0.2, 0.25) is 0 Å². The van der Waals surface area contributed by atoms with Gasteiger partial charge in [0.15, 0.2) is 0 Å². The van der Waals surface area contributed by atoms with E-state index in [0.29, 0.717) is 0 Å². The van der Waals surface area contributed by atoms with Crippen molar-refractivity contribution in [2.24, 2.45) is 0 Å². The molecule has 0 aliphatic carbocycles. The van der Waals surface area contributed by atoms with Gasteiger partial charge in [0.05, 0.1) is 5.69 Å². The maximum absolute atomic E-state index is 6.96. The Morgan fingerprint density at radius 2 is 0.780 bits per heavy atom. The summed E-state index contributed by atoms with van der Waals surface area (Å²) in [6.45, 7) is 0. The van der Waals surface area contributed by atoms with E-state index < -0.39 is 0 Å². The molecule has 1 aliphatic heterocycles. The second-order valence-electron chi connectivity index (χ2n) is 12.5. The maximum Gasteiger partial charge on any atom is 0.143 e. The van der Waals surface area contributed by atoms with E-state index in [1.54, 1.807) is 0 Å². The van der Waals surface area contributed by atoms with Gasteiger partial charge in [0.25, 0.3) is 0 Å². The molecule has 0 N–H and O–H groups in total. The van der Waals surface area contributed by atoms with Gasteiger partial charge in [-0.2, -0.15) is 0 Å². The SMILES string of the molecule is c1ccc(-c2ccc(N(c3ccc4c(c3)-c3ccccc3-c3cccc(-c5ccccc5)c3O4)c3ccccc3-c3ccccc3)cc2)cc1. The Morgan fingerprint density at radius 1 is 0.300 bits per heavy atom. The molecule has 9 rings (SSSR count). The third-order valence-corrected chi connectivity index (χ3v) is 9.50. The Balaban J connectivity index is 1.23. The third-order valence-electron chi connectivity index (χ3n) is 9.50. The smallest absolute Gasteiger partial charge is 0.143 e. The third kappa shape index (κ3) is 5.34. The molecule has 2 nitrogen and oxygen atoms in total. The fourth-order valence-electron chi connectivity index (χ4n) is 7.11. The Hall–Kier alpha value is -6.64. The molecule has 0 saturated heterocycles. The molecule has 0 saturated carbocycles. The molecule has 0 spiro atoms. The van der Waals surface area contributed by atoms with E-state index in [4.69, 9.17) is 4.74 Å². The van der Waals surface area contributed by atoms with E-state index in [0.717, 1.165) is 67.5 Å². The molecular formula is C48H33NO. The molecule has 1 aliphatic rings. The highest BCUT2D eigenvalue weighted by molar-refractivity contribution is 5.96. The zero-order chi connectivity index (χ0) is 33.3. The first-order chi connectivity index (χ1) is 24.8. The van der Waals surface area contributed by atoms with Gasteiger partial charge in [-0.1, -0.05) is 164 Å². The standard InChI is InChI=1S/C48H33NO/c1-4-15-34(16-5-1)35-27-29-38(30-28-35)49(46-26-13-12-21-40(46)36-17-6-2-7-18-36)39-31-32-47-45(33-39)43-23-11-10-22-42(43)44-25-14-24-41(48(44)50-47)37-19-8-3-9-20-37/h1-33H. The molecule has 0 bridgehead atoms. The first-order valence-electron chi connectivity index (χ1n) is 17.0. The summed E-state index contributed by atoms with van der Waals surface area (Å²) in [6.07, 6.45) is 0. The summed E-state index contributed by atoms with van der Waals surface area (Å²) < 4.78 is 6.96. The van der Waals surface area contributed by atoms with Gasteiger partial charge in [0.1, 0.15) is 11.5 Å². The van der Waals surface area contributed by atoms with Crippen molar-refractivity contribution < 1.29 is 4.74 Å². The molecule has 1 heterocycles. The number of ether oxygens (including phenoxy) is 1. The molecule has 236 valence electrons. The molecule has 0 fully saturated rings. The van der Waals surface area contributed by atoms with Crippen molar-refractivity contribution in [3.63, 3.8) is 0 Å². The summed E-state index contributed by atoms with van der Waals surface area (Å²) in [5, 5.41) is 0. The van der Waals surface area contributed by atoms with Crippen molar-refractivity contribution in [1.29, 1.82) is 0 Å². The summed E-state index contributed by atoms with van der Waals surface area (Å²) in [5.41, 5.74) is 14.6. The van der Waals surface area contributed by atoms with Crippen LogP contribution in [0.4, 0.5) is 17.1 Å². The Kier molecular flexibility index (Phi) is 7.53. The van der Waals surface area contributed by atoms with E-state index in [1.807, 2.05) is 0 Å². The van der Waals surface area contributed by atoms with Gasteiger partial charge in [-0.15, -0.1) is 0 Å². The molecule has 0 unspecified atom stereocenters. The van der Waals surface area contributed by atoms with Crippen molar-refractivity contribution in [1.82, 2.24) is 0 Å². The monoisotopic (exact) mass is 639 g/mol. The number of nitrogens with zero attached hydrogens (tertiary/aromatic N) is 1. The minimum absolute atomic E-state index is 0.832. The average molecular weight is 640 g/mol. The largest absolute Gasteiger partial charge is 0.455 e. The molecule has 0 aromatic heterocycles. The van der Waals surface area contributed by atoms with E-state index in [-0.39, 0.29) is 0 Å². The fourth-order valence-corrected chi connectivity index (χ4v) is 7.11. The van der Waals surface area contributed by atoms with Crippen LogP contribution < -0.4 is 9.64 Å². The van der Waals surface area contributed by atoms with Crippen LogP contribution in [0, 0.1) is 0 Å². The Bertz CT molecular complexity index is 2430. The number of benzene rings is 8. The maximum atomic E-state index is 6.96. The number of hydrogen-bond donors (Lipinski definition) is 0. The van der Waals surface area contributed by atoms with Crippen LogP contribution in [0.25, 0.3) is 55.6 Å². The second-order valence-corrected chi connectivity index (χ2v) is 12.5. The quantitative estimate of drug-likeness (QED) is 0.179. The van der Waals surface area contributed by atoms with Crippen LogP contribution >= 0.6 is 0 Å². The van der Waals surface area contributed by atoms with E-state index in [9.17, 15) is 0 Å². The van der Waals surface area contributed by atoms with Gasteiger partial charge in [0, 0.05) is 33.6 Å². The van der Waals surface area contributed by atoms with Gasteiger partial charge in [0.2, 0.25) is 0 Å². The van der Waals surface area contributed by atoms with E-state index in [1.165, 1.54) is 16.7 Å². The summed E-state index contributed by atoms with van der Waals surface area (Å²) in [5.74, 6) is 1.71. The van der Waals surface area contributed by atoms with Crippen molar-refractivity contribution in [2.45, 2.75) is 0 Å². The topological polar surface area (TPSA) is 12.5 Å². The minimum Gasteiger partial charge on any atom is -0.455 e. The highest BCUT2D eigenvalue weighted by atomic mass is 16.5. The number of fused-ring (bicyclic) bond motifs is 5. The van der Waals surface area contributed by atoms with Gasteiger partial charge >= 0.3 is 0 Å². The highest BCUT2D eigenvalue weighted by Gasteiger charge is 2.25. The number of anilines is 3. The number of rotatable bonds is 6. The second kappa shape index (κ2) is 12.8. The minimum atomic E-state index is 0.832. The van der Waals surface area contributed by atoms with E-state index in [2.05, 4.69) is 205 Å². The van der Waals surface area contributed by atoms with Crippen molar-refractivity contribution in [3.05, 3.63) is 200 Å². The van der Waals surface area contributed by atoms with Crippen LogP contribution in [0.1, 0.15) is 0 Å². The lowest BCUT2D eigenvalue weighted by Crippen LogP contribution is -2.11. The summed E-state index contributed by atoms with van der Waals surface area (Å²) in [7, 11) is 0. The zero-order valence-electron chi connectivity index (χ0n) is 27.4. The number of para-hydroxylation sites is 2. The van der Waals surface area contributed by atoms with Gasteiger partial charge < -0.3 is 9.64 Å². The lowest BCUT2D eigenvalue weighted by Gasteiger charge is -2.29. The van der Waals surface area contributed by atoms with E-state index >= 15 is 0 Å².